The van der Waals surface area contributed by atoms with Gasteiger partial charge in [-0.1, -0.05) is 20.3 Å². The molecule has 2 aromatic rings. The number of nitrogens with zero attached hydrogens (tertiary/aromatic N) is 2. The molecule has 0 aliphatic carbocycles. The Hall–Kier alpha value is -1.84. The number of hydrogen-bond acceptors (Lipinski definition) is 4. The van der Waals surface area contributed by atoms with Crippen molar-refractivity contribution in [1.29, 1.82) is 0 Å². The van der Waals surface area contributed by atoms with E-state index in [-0.39, 0.29) is 0 Å². The van der Waals surface area contributed by atoms with Crippen molar-refractivity contribution in [3.8, 4) is 11.4 Å². The second kappa shape index (κ2) is 6.36. The highest BCUT2D eigenvalue weighted by atomic mass is 16.3. The molecule has 0 radical (unpaired) electrons. The third kappa shape index (κ3) is 3.34. The first-order chi connectivity index (χ1) is 9.24. The summed E-state index contributed by atoms with van der Waals surface area (Å²) in [4.78, 5) is 9.20. The van der Waals surface area contributed by atoms with E-state index in [1.54, 1.807) is 6.26 Å². The fraction of sp³-hybridized carbons (Fsp3) is 0.467. The molecule has 2 heterocycles. The van der Waals surface area contributed by atoms with Gasteiger partial charge in [0.05, 0.1) is 11.8 Å². The van der Waals surface area contributed by atoms with Crippen LogP contribution in [-0.2, 0) is 6.42 Å². The van der Waals surface area contributed by atoms with Crippen LogP contribution in [0.2, 0.25) is 0 Å². The summed E-state index contributed by atoms with van der Waals surface area (Å²) in [5.41, 5.74) is 2.05. The molecule has 0 aliphatic heterocycles. The summed E-state index contributed by atoms with van der Waals surface area (Å²) in [5, 5.41) is 3.33. The standard InChI is InChI=1S/C15H21N3O/c1-4-6-12-10-14(16-8-5-2)18-15(17-12)13-7-9-19-11(13)3/h7,9-10H,4-6,8H2,1-3H3,(H,16,17,18). The molecule has 1 N–H and O–H groups in total. The fourth-order valence-electron chi connectivity index (χ4n) is 1.96. The summed E-state index contributed by atoms with van der Waals surface area (Å²) >= 11 is 0. The lowest BCUT2D eigenvalue weighted by Gasteiger charge is -2.08. The molecule has 0 saturated heterocycles. The van der Waals surface area contributed by atoms with E-state index in [0.717, 1.165) is 54.5 Å². The largest absolute Gasteiger partial charge is 0.469 e. The van der Waals surface area contributed by atoms with Crippen LogP contribution in [0.15, 0.2) is 22.8 Å². The molecule has 0 amide bonds. The lowest BCUT2D eigenvalue weighted by molar-refractivity contribution is 0.535. The zero-order chi connectivity index (χ0) is 13.7. The maximum absolute atomic E-state index is 5.34. The maximum Gasteiger partial charge on any atom is 0.165 e. The van der Waals surface area contributed by atoms with Crippen LogP contribution in [0.25, 0.3) is 11.4 Å². The quantitative estimate of drug-likeness (QED) is 0.856. The van der Waals surface area contributed by atoms with E-state index in [4.69, 9.17) is 4.42 Å². The fourth-order valence-corrected chi connectivity index (χ4v) is 1.96. The van der Waals surface area contributed by atoms with E-state index in [1.807, 2.05) is 19.1 Å². The van der Waals surface area contributed by atoms with Crippen molar-refractivity contribution < 1.29 is 4.42 Å². The summed E-state index contributed by atoms with van der Waals surface area (Å²) in [7, 11) is 0. The summed E-state index contributed by atoms with van der Waals surface area (Å²) in [6.45, 7) is 7.16. The molecule has 0 bridgehead atoms. The molecule has 0 unspecified atom stereocenters. The number of hydrogen-bond donors (Lipinski definition) is 1. The normalized spacial score (nSPS) is 10.7. The number of rotatable bonds is 6. The molecule has 19 heavy (non-hydrogen) atoms. The maximum atomic E-state index is 5.34. The number of anilines is 1. The second-order valence-electron chi connectivity index (χ2n) is 4.64. The number of aryl methyl sites for hydroxylation is 2. The number of aromatic nitrogens is 2. The van der Waals surface area contributed by atoms with E-state index in [2.05, 4.69) is 29.1 Å². The van der Waals surface area contributed by atoms with Crippen LogP contribution in [0.1, 0.15) is 38.1 Å². The van der Waals surface area contributed by atoms with E-state index >= 15 is 0 Å². The molecule has 102 valence electrons. The number of nitrogens with one attached hydrogen (secondary N) is 1. The molecule has 0 saturated carbocycles. The Morgan fingerprint density at radius 3 is 2.68 bits per heavy atom. The minimum absolute atomic E-state index is 0.746. The molecule has 0 aliphatic rings. The summed E-state index contributed by atoms with van der Waals surface area (Å²) in [6, 6.07) is 3.96. The van der Waals surface area contributed by atoms with Crippen molar-refractivity contribution in [2.24, 2.45) is 0 Å². The van der Waals surface area contributed by atoms with E-state index in [1.165, 1.54) is 0 Å². The molecule has 2 rings (SSSR count). The molecular weight excluding hydrogens is 238 g/mol. The van der Waals surface area contributed by atoms with Crippen LogP contribution in [0.3, 0.4) is 0 Å². The van der Waals surface area contributed by atoms with Gasteiger partial charge in [-0.2, -0.15) is 0 Å². The molecule has 0 spiro atoms. The van der Waals surface area contributed by atoms with Crippen LogP contribution in [0.4, 0.5) is 5.82 Å². The molecular formula is C15H21N3O. The first kappa shape index (κ1) is 13.6. The van der Waals surface area contributed by atoms with Crippen molar-refractivity contribution in [2.45, 2.75) is 40.0 Å². The predicted molar refractivity (Wildman–Crippen MR) is 77.2 cm³/mol. The zero-order valence-corrected chi connectivity index (χ0v) is 11.9. The van der Waals surface area contributed by atoms with Gasteiger partial charge >= 0.3 is 0 Å². The number of furan rings is 1. The van der Waals surface area contributed by atoms with E-state index in [9.17, 15) is 0 Å². The van der Waals surface area contributed by atoms with Crippen molar-refractivity contribution in [3.05, 3.63) is 29.9 Å². The van der Waals surface area contributed by atoms with Gasteiger partial charge in [-0.05, 0) is 25.8 Å². The van der Waals surface area contributed by atoms with Gasteiger partial charge in [0.15, 0.2) is 5.82 Å². The highest BCUT2D eigenvalue weighted by Crippen LogP contribution is 2.23. The smallest absolute Gasteiger partial charge is 0.165 e. The van der Waals surface area contributed by atoms with Crippen LogP contribution < -0.4 is 5.32 Å². The predicted octanol–water partition coefficient (Wildman–Crippen LogP) is 3.82. The monoisotopic (exact) mass is 259 g/mol. The van der Waals surface area contributed by atoms with E-state index in [0.29, 0.717) is 0 Å². The average molecular weight is 259 g/mol. The second-order valence-corrected chi connectivity index (χ2v) is 4.64. The van der Waals surface area contributed by atoms with Crippen molar-refractivity contribution >= 4 is 5.82 Å². The lowest BCUT2D eigenvalue weighted by atomic mass is 10.2. The Morgan fingerprint density at radius 1 is 1.21 bits per heavy atom. The topological polar surface area (TPSA) is 51.0 Å². The van der Waals surface area contributed by atoms with Crippen molar-refractivity contribution in [3.63, 3.8) is 0 Å². The Labute approximate surface area is 114 Å². The Kier molecular flexibility index (Phi) is 4.55. The molecule has 4 heteroatoms. The summed E-state index contributed by atoms with van der Waals surface area (Å²) < 4.78 is 5.34. The van der Waals surface area contributed by atoms with Gasteiger partial charge in [-0.25, -0.2) is 9.97 Å². The van der Waals surface area contributed by atoms with Gasteiger partial charge in [-0.3, -0.25) is 0 Å². The van der Waals surface area contributed by atoms with Crippen molar-refractivity contribution in [2.75, 3.05) is 11.9 Å². The van der Waals surface area contributed by atoms with Gasteiger partial charge < -0.3 is 9.73 Å². The van der Waals surface area contributed by atoms with Gasteiger partial charge in [0.2, 0.25) is 0 Å². The third-order valence-corrected chi connectivity index (χ3v) is 2.94. The molecule has 2 aromatic heterocycles. The summed E-state index contributed by atoms with van der Waals surface area (Å²) in [6.07, 6.45) is 4.80. The van der Waals surface area contributed by atoms with E-state index < -0.39 is 0 Å². The van der Waals surface area contributed by atoms with Crippen LogP contribution >= 0.6 is 0 Å². The Morgan fingerprint density at radius 2 is 2.05 bits per heavy atom. The summed E-state index contributed by atoms with van der Waals surface area (Å²) in [5.74, 6) is 2.50. The Balaban J connectivity index is 2.36. The van der Waals surface area contributed by atoms with Gasteiger partial charge in [0, 0.05) is 18.3 Å². The minimum Gasteiger partial charge on any atom is -0.469 e. The highest BCUT2D eigenvalue weighted by molar-refractivity contribution is 5.59. The minimum atomic E-state index is 0.746. The Bertz CT molecular complexity index is 534. The van der Waals surface area contributed by atoms with Crippen LogP contribution in [-0.4, -0.2) is 16.5 Å². The zero-order valence-electron chi connectivity index (χ0n) is 11.9. The molecule has 0 fully saturated rings. The first-order valence-electron chi connectivity index (χ1n) is 6.90. The van der Waals surface area contributed by atoms with Gasteiger partial charge in [0.25, 0.3) is 0 Å². The highest BCUT2D eigenvalue weighted by Gasteiger charge is 2.10. The third-order valence-electron chi connectivity index (χ3n) is 2.94. The first-order valence-corrected chi connectivity index (χ1v) is 6.90. The van der Waals surface area contributed by atoms with Crippen LogP contribution in [0.5, 0.6) is 0 Å². The molecule has 0 aromatic carbocycles. The lowest BCUT2D eigenvalue weighted by Crippen LogP contribution is -2.05. The van der Waals surface area contributed by atoms with Crippen LogP contribution in [0, 0.1) is 6.92 Å². The molecule has 0 atom stereocenters. The SMILES string of the molecule is CCCNc1cc(CCC)nc(-c2ccoc2C)n1. The average Bonchev–Trinajstić information content (AvgIpc) is 2.83. The van der Waals surface area contributed by atoms with Gasteiger partial charge in [-0.15, -0.1) is 0 Å². The van der Waals surface area contributed by atoms with Gasteiger partial charge in [0.1, 0.15) is 11.6 Å². The molecule has 4 nitrogen and oxygen atoms in total. The van der Waals surface area contributed by atoms with Crippen molar-refractivity contribution in [1.82, 2.24) is 9.97 Å².